The van der Waals surface area contributed by atoms with Crippen LogP contribution in [-0.4, -0.2) is 18.0 Å². The average molecular weight is 313 g/mol. The monoisotopic (exact) mass is 311 g/mol. The van der Waals surface area contributed by atoms with Crippen LogP contribution >= 0.6 is 39.1 Å². The van der Waals surface area contributed by atoms with Crippen molar-refractivity contribution in [2.45, 2.75) is 0 Å². The molecule has 0 bridgehead atoms. The molecule has 0 spiro atoms. The van der Waals surface area contributed by atoms with Gasteiger partial charge in [0, 0.05) is 5.33 Å². The molecule has 82 valence electrons. The first-order valence-corrected chi connectivity index (χ1v) is 5.96. The van der Waals surface area contributed by atoms with Crippen LogP contribution in [0.3, 0.4) is 0 Å². The van der Waals surface area contributed by atoms with E-state index in [0.29, 0.717) is 27.7 Å². The highest BCUT2D eigenvalue weighted by Crippen LogP contribution is 2.29. The zero-order valence-corrected chi connectivity index (χ0v) is 10.7. The van der Waals surface area contributed by atoms with Crippen LogP contribution < -0.4 is 5.32 Å². The number of nitrogens with one attached hydrogen (secondary N) is 1. The second kappa shape index (κ2) is 6.20. The van der Waals surface area contributed by atoms with Crippen molar-refractivity contribution in [3.8, 4) is 0 Å². The molecule has 0 fully saturated rings. The largest absolute Gasteiger partial charge is 0.448 e. The molecule has 0 heterocycles. The van der Waals surface area contributed by atoms with Crippen LogP contribution in [0.5, 0.6) is 0 Å². The van der Waals surface area contributed by atoms with Crippen molar-refractivity contribution in [1.29, 1.82) is 0 Å². The van der Waals surface area contributed by atoms with Crippen molar-refractivity contribution in [3.63, 3.8) is 0 Å². The second-order valence-corrected chi connectivity index (χ2v) is 4.13. The minimum Gasteiger partial charge on any atom is -0.448 e. The van der Waals surface area contributed by atoms with Gasteiger partial charge in [-0.25, -0.2) is 4.79 Å². The molecule has 15 heavy (non-hydrogen) atoms. The first kappa shape index (κ1) is 12.6. The van der Waals surface area contributed by atoms with Crippen molar-refractivity contribution in [2.75, 3.05) is 17.3 Å². The number of halogens is 3. The summed E-state index contributed by atoms with van der Waals surface area (Å²) in [5.41, 5.74) is 0.434. The predicted molar refractivity (Wildman–Crippen MR) is 65.2 cm³/mol. The number of hydrogen-bond acceptors (Lipinski definition) is 2. The third kappa shape index (κ3) is 3.89. The number of carbonyl (C=O) groups excluding carboxylic acids is 1. The lowest BCUT2D eigenvalue weighted by molar-refractivity contribution is 0.169. The summed E-state index contributed by atoms with van der Waals surface area (Å²) in [6.07, 6.45) is -0.557. The van der Waals surface area contributed by atoms with Crippen molar-refractivity contribution >= 4 is 50.9 Å². The van der Waals surface area contributed by atoms with E-state index in [0.717, 1.165) is 0 Å². The van der Waals surface area contributed by atoms with E-state index in [1.807, 2.05) is 0 Å². The normalized spacial score (nSPS) is 9.80. The topological polar surface area (TPSA) is 38.3 Å². The fourth-order valence-electron chi connectivity index (χ4n) is 0.878. The number of amides is 1. The molecule has 0 saturated carbocycles. The smallest absolute Gasteiger partial charge is 0.411 e. The molecule has 0 aromatic heterocycles. The van der Waals surface area contributed by atoms with Crippen LogP contribution in [0, 0.1) is 0 Å². The maximum atomic E-state index is 11.2. The Kier molecular flexibility index (Phi) is 5.22. The molecule has 3 nitrogen and oxygen atoms in total. The lowest BCUT2D eigenvalue weighted by Crippen LogP contribution is -2.15. The molecule has 1 amide bonds. The highest BCUT2D eigenvalue weighted by atomic mass is 79.9. The van der Waals surface area contributed by atoms with Gasteiger partial charge in [0.05, 0.1) is 15.7 Å². The molecule has 1 rings (SSSR count). The lowest BCUT2D eigenvalue weighted by atomic mass is 10.3. The maximum Gasteiger partial charge on any atom is 0.411 e. The Balaban J connectivity index is 2.64. The second-order valence-electron chi connectivity index (χ2n) is 2.55. The number of rotatable bonds is 3. The molecule has 0 radical (unpaired) electrons. The summed E-state index contributed by atoms with van der Waals surface area (Å²) in [5.74, 6) is 0. The summed E-state index contributed by atoms with van der Waals surface area (Å²) >= 11 is 14.8. The highest BCUT2D eigenvalue weighted by Gasteiger charge is 2.08. The number of carbonyl (C=O) groups is 1. The highest BCUT2D eigenvalue weighted by molar-refractivity contribution is 9.09. The molecular weight excluding hydrogens is 305 g/mol. The van der Waals surface area contributed by atoms with Crippen LogP contribution in [0.1, 0.15) is 0 Å². The SMILES string of the molecule is O=C(Nc1cccc(Cl)c1Cl)OCCBr. The molecule has 0 aliphatic rings. The van der Waals surface area contributed by atoms with Gasteiger partial charge in [0.1, 0.15) is 6.61 Å². The van der Waals surface area contributed by atoms with Gasteiger partial charge in [-0.2, -0.15) is 0 Å². The van der Waals surface area contributed by atoms with E-state index < -0.39 is 6.09 Å². The summed E-state index contributed by atoms with van der Waals surface area (Å²) in [6.45, 7) is 0.296. The van der Waals surface area contributed by atoms with E-state index in [-0.39, 0.29) is 0 Å². The van der Waals surface area contributed by atoms with Gasteiger partial charge < -0.3 is 4.74 Å². The van der Waals surface area contributed by atoms with Crippen molar-refractivity contribution in [2.24, 2.45) is 0 Å². The molecule has 1 aromatic carbocycles. The van der Waals surface area contributed by atoms with Crippen LogP contribution in [0.2, 0.25) is 10.0 Å². The zero-order chi connectivity index (χ0) is 11.3. The zero-order valence-electron chi connectivity index (χ0n) is 7.60. The molecule has 0 saturated heterocycles. The van der Waals surface area contributed by atoms with Crippen molar-refractivity contribution < 1.29 is 9.53 Å². The molecule has 0 aliphatic carbocycles. The number of benzene rings is 1. The molecule has 6 heteroatoms. The van der Waals surface area contributed by atoms with Gasteiger partial charge in [-0.3, -0.25) is 5.32 Å². The summed E-state index contributed by atoms with van der Waals surface area (Å²) in [6, 6.07) is 4.97. The van der Waals surface area contributed by atoms with E-state index in [2.05, 4.69) is 21.2 Å². The van der Waals surface area contributed by atoms with E-state index >= 15 is 0 Å². The first-order valence-electron chi connectivity index (χ1n) is 4.09. The first-order chi connectivity index (χ1) is 7.15. The van der Waals surface area contributed by atoms with E-state index in [4.69, 9.17) is 27.9 Å². The quantitative estimate of drug-likeness (QED) is 0.859. The molecule has 1 aromatic rings. The Morgan fingerprint density at radius 2 is 2.20 bits per heavy atom. The predicted octanol–water partition coefficient (Wildman–Crippen LogP) is 3.94. The van der Waals surface area contributed by atoms with E-state index in [1.165, 1.54) is 0 Å². The fraction of sp³-hybridized carbons (Fsp3) is 0.222. The molecule has 0 aliphatic heterocycles. The number of anilines is 1. The molecule has 1 N–H and O–H groups in total. The average Bonchev–Trinajstić information content (AvgIpc) is 2.22. The van der Waals surface area contributed by atoms with Gasteiger partial charge in [-0.05, 0) is 12.1 Å². The van der Waals surface area contributed by atoms with Crippen molar-refractivity contribution in [1.82, 2.24) is 0 Å². The Bertz CT molecular complexity index is 360. The third-order valence-electron chi connectivity index (χ3n) is 1.50. The Morgan fingerprint density at radius 3 is 2.87 bits per heavy atom. The van der Waals surface area contributed by atoms with Crippen LogP contribution in [0.15, 0.2) is 18.2 Å². The van der Waals surface area contributed by atoms with Gasteiger partial charge in [0.2, 0.25) is 0 Å². The van der Waals surface area contributed by atoms with Crippen LogP contribution in [-0.2, 0) is 4.74 Å². The number of alkyl halides is 1. The van der Waals surface area contributed by atoms with Crippen molar-refractivity contribution in [3.05, 3.63) is 28.2 Å². The van der Waals surface area contributed by atoms with E-state index in [9.17, 15) is 4.79 Å². The van der Waals surface area contributed by atoms with Gasteiger partial charge in [-0.15, -0.1) is 0 Å². The van der Waals surface area contributed by atoms with Gasteiger partial charge in [-0.1, -0.05) is 45.2 Å². The molecule has 0 atom stereocenters. The number of ether oxygens (including phenoxy) is 1. The Labute approximate surface area is 106 Å². The lowest BCUT2D eigenvalue weighted by Gasteiger charge is -2.07. The van der Waals surface area contributed by atoms with Gasteiger partial charge >= 0.3 is 6.09 Å². The summed E-state index contributed by atoms with van der Waals surface area (Å²) in [4.78, 5) is 11.2. The summed E-state index contributed by atoms with van der Waals surface area (Å²) in [5, 5.41) is 3.76. The van der Waals surface area contributed by atoms with Crippen LogP contribution in [0.4, 0.5) is 10.5 Å². The number of hydrogen-bond donors (Lipinski definition) is 1. The fourth-order valence-corrected chi connectivity index (χ4v) is 1.39. The minimum absolute atomic E-state index is 0.296. The maximum absolute atomic E-state index is 11.2. The standard InChI is InChI=1S/C9H8BrCl2NO2/c10-4-5-15-9(14)13-7-3-1-2-6(11)8(7)12/h1-3H,4-5H2,(H,13,14). The summed E-state index contributed by atoms with van der Waals surface area (Å²) < 4.78 is 4.79. The Morgan fingerprint density at radius 1 is 1.47 bits per heavy atom. The Hall–Kier alpha value is -0.450. The van der Waals surface area contributed by atoms with Gasteiger partial charge in [0.25, 0.3) is 0 Å². The molecular formula is C9H8BrCl2NO2. The van der Waals surface area contributed by atoms with Crippen LogP contribution in [0.25, 0.3) is 0 Å². The van der Waals surface area contributed by atoms with E-state index in [1.54, 1.807) is 18.2 Å². The summed E-state index contributed by atoms with van der Waals surface area (Å²) in [7, 11) is 0. The minimum atomic E-state index is -0.557. The molecule has 0 unspecified atom stereocenters. The van der Waals surface area contributed by atoms with Gasteiger partial charge in [0.15, 0.2) is 0 Å². The third-order valence-corrected chi connectivity index (χ3v) is 2.64.